The molecule has 0 aliphatic rings. The van der Waals surface area contributed by atoms with Crippen molar-refractivity contribution in [3.8, 4) is 11.5 Å². The van der Waals surface area contributed by atoms with Gasteiger partial charge in [0.25, 0.3) is 0 Å². The third kappa shape index (κ3) is 2.65. The largest absolute Gasteiger partial charge is 0.504 e. The van der Waals surface area contributed by atoms with Crippen molar-refractivity contribution >= 4 is 0 Å². The molecular weight excluding hydrogens is 230 g/mol. The topological polar surface area (TPSA) is 54.6 Å². The molecule has 0 bridgehead atoms. The Labute approximate surface area is 106 Å². The molecule has 1 atom stereocenters. The van der Waals surface area contributed by atoms with E-state index < -0.39 is 0 Å². The van der Waals surface area contributed by atoms with Crippen LogP contribution in [0.1, 0.15) is 24.3 Å². The molecule has 0 unspecified atom stereocenters. The molecule has 1 aromatic carbocycles. The standard InChI is InChI=1S/C14H17NO3/c1-10(12-7-4-8-18-12)15-9-11-5-3-6-13(17-2)14(11)16/h3-8,10,15-16H,9H2,1-2H3/t10-/m0/s1. The maximum atomic E-state index is 9.94. The maximum absolute atomic E-state index is 9.94. The highest BCUT2D eigenvalue weighted by atomic mass is 16.5. The van der Waals surface area contributed by atoms with Crippen molar-refractivity contribution in [1.29, 1.82) is 0 Å². The van der Waals surface area contributed by atoms with Gasteiger partial charge in [-0.15, -0.1) is 0 Å². The van der Waals surface area contributed by atoms with Crippen LogP contribution in [0, 0.1) is 0 Å². The number of para-hydroxylation sites is 1. The summed E-state index contributed by atoms with van der Waals surface area (Å²) >= 11 is 0. The fourth-order valence-corrected chi connectivity index (χ4v) is 1.78. The second-order valence-electron chi connectivity index (χ2n) is 4.09. The Kier molecular flexibility index (Phi) is 3.89. The first-order valence-corrected chi connectivity index (χ1v) is 5.84. The molecule has 0 amide bonds. The molecule has 96 valence electrons. The lowest BCUT2D eigenvalue weighted by molar-refractivity contribution is 0.367. The lowest BCUT2D eigenvalue weighted by Crippen LogP contribution is -2.17. The van der Waals surface area contributed by atoms with Crippen LogP contribution in [-0.2, 0) is 6.54 Å². The Hall–Kier alpha value is -1.94. The number of methoxy groups -OCH3 is 1. The van der Waals surface area contributed by atoms with E-state index in [0.717, 1.165) is 11.3 Å². The van der Waals surface area contributed by atoms with Crippen LogP contribution < -0.4 is 10.1 Å². The van der Waals surface area contributed by atoms with Crippen LogP contribution in [0.2, 0.25) is 0 Å². The van der Waals surface area contributed by atoms with Crippen molar-refractivity contribution in [3.63, 3.8) is 0 Å². The second-order valence-corrected chi connectivity index (χ2v) is 4.09. The lowest BCUT2D eigenvalue weighted by atomic mass is 10.1. The highest BCUT2D eigenvalue weighted by Crippen LogP contribution is 2.29. The minimum absolute atomic E-state index is 0.0885. The first kappa shape index (κ1) is 12.5. The summed E-state index contributed by atoms with van der Waals surface area (Å²) in [5.74, 6) is 1.54. The summed E-state index contributed by atoms with van der Waals surface area (Å²) in [4.78, 5) is 0. The number of hydrogen-bond acceptors (Lipinski definition) is 4. The number of ether oxygens (including phenoxy) is 1. The number of rotatable bonds is 5. The zero-order valence-electron chi connectivity index (χ0n) is 10.5. The van der Waals surface area contributed by atoms with Gasteiger partial charge in [-0.2, -0.15) is 0 Å². The van der Waals surface area contributed by atoms with E-state index in [9.17, 15) is 5.11 Å². The molecule has 0 saturated carbocycles. The normalized spacial score (nSPS) is 12.3. The van der Waals surface area contributed by atoms with E-state index in [1.54, 1.807) is 12.3 Å². The quantitative estimate of drug-likeness (QED) is 0.853. The van der Waals surface area contributed by atoms with Crippen LogP contribution >= 0.6 is 0 Å². The fraction of sp³-hybridized carbons (Fsp3) is 0.286. The Balaban J connectivity index is 2.02. The molecule has 4 heteroatoms. The summed E-state index contributed by atoms with van der Waals surface area (Å²) in [6.07, 6.45) is 1.65. The average molecular weight is 247 g/mol. The number of phenolic OH excluding ortho intramolecular Hbond substituents is 1. The van der Waals surface area contributed by atoms with E-state index >= 15 is 0 Å². The van der Waals surface area contributed by atoms with Gasteiger partial charge in [-0.3, -0.25) is 0 Å². The Morgan fingerprint density at radius 3 is 2.83 bits per heavy atom. The fourth-order valence-electron chi connectivity index (χ4n) is 1.78. The number of aromatic hydroxyl groups is 1. The number of hydrogen-bond donors (Lipinski definition) is 2. The van der Waals surface area contributed by atoms with Gasteiger partial charge >= 0.3 is 0 Å². The Morgan fingerprint density at radius 2 is 2.17 bits per heavy atom. The molecule has 0 saturated heterocycles. The minimum Gasteiger partial charge on any atom is -0.504 e. The predicted octanol–water partition coefficient (Wildman–Crippen LogP) is 2.84. The highest BCUT2D eigenvalue weighted by molar-refractivity contribution is 5.45. The lowest BCUT2D eigenvalue weighted by Gasteiger charge is -2.13. The van der Waals surface area contributed by atoms with Crippen LogP contribution in [0.15, 0.2) is 41.0 Å². The zero-order valence-corrected chi connectivity index (χ0v) is 10.5. The zero-order chi connectivity index (χ0) is 13.0. The summed E-state index contributed by atoms with van der Waals surface area (Å²) < 4.78 is 10.4. The van der Waals surface area contributed by atoms with Crippen molar-refractivity contribution in [3.05, 3.63) is 47.9 Å². The third-order valence-corrected chi connectivity index (χ3v) is 2.87. The van der Waals surface area contributed by atoms with E-state index in [1.807, 2.05) is 31.2 Å². The van der Waals surface area contributed by atoms with Gasteiger partial charge in [-0.05, 0) is 25.1 Å². The van der Waals surface area contributed by atoms with E-state index in [2.05, 4.69) is 5.32 Å². The van der Waals surface area contributed by atoms with E-state index in [0.29, 0.717) is 12.3 Å². The summed E-state index contributed by atoms with van der Waals surface area (Å²) in [7, 11) is 1.54. The van der Waals surface area contributed by atoms with Gasteiger partial charge in [0, 0.05) is 12.1 Å². The number of phenols is 1. The number of furan rings is 1. The summed E-state index contributed by atoms with van der Waals surface area (Å²) in [5.41, 5.74) is 0.799. The van der Waals surface area contributed by atoms with E-state index in [4.69, 9.17) is 9.15 Å². The van der Waals surface area contributed by atoms with Gasteiger partial charge in [0.1, 0.15) is 5.76 Å². The van der Waals surface area contributed by atoms with Crippen molar-refractivity contribution in [2.75, 3.05) is 7.11 Å². The molecule has 0 aliphatic heterocycles. The number of benzene rings is 1. The summed E-state index contributed by atoms with van der Waals surface area (Å²) in [5, 5.41) is 13.2. The molecule has 0 spiro atoms. The van der Waals surface area contributed by atoms with Crippen molar-refractivity contribution < 1.29 is 14.3 Å². The molecular formula is C14H17NO3. The second kappa shape index (κ2) is 5.60. The van der Waals surface area contributed by atoms with Gasteiger partial charge in [-0.1, -0.05) is 12.1 Å². The van der Waals surface area contributed by atoms with Gasteiger partial charge in [0.15, 0.2) is 11.5 Å². The molecule has 2 aromatic rings. The first-order valence-electron chi connectivity index (χ1n) is 5.84. The summed E-state index contributed by atoms with van der Waals surface area (Å²) in [6.45, 7) is 2.56. The molecule has 4 nitrogen and oxygen atoms in total. The summed E-state index contributed by atoms with van der Waals surface area (Å²) in [6, 6.07) is 9.31. The Morgan fingerprint density at radius 1 is 1.33 bits per heavy atom. The van der Waals surface area contributed by atoms with Crippen molar-refractivity contribution in [2.24, 2.45) is 0 Å². The predicted molar refractivity (Wildman–Crippen MR) is 68.6 cm³/mol. The molecule has 0 radical (unpaired) electrons. The molecule has 18 heavy (non-hydrogen) atoms. The van der Waals surface area contributed by atoms with Gasteiger partial charge in [-0.25, -0.2) is 0 Å². The molecule has 0 aliphatic carbocycles. The molecule has 2 N–H and O–H groups in total. The van der Waals surface area contributed by atoms with Crippen molar-refractivity contribution in [1.82, 2.24) is 5.32 Å². The first-order chi connectivity index (χ1) is 8.72. The maximum Gasteiger partial charge on any atom is 0.162 e. The van der Waals surface area contributed by atoms with E-state index in [-0.39, 0.29) is 11.8 Å². The van der Waals surface area contributed by atoms with Crippen LogP contribution in [0.25, 0.3) is 0 Å². The van der Waals surface area contributed by atoms with Crippen LogP contribution in [0.4, 0.5) is 0 Å². The van der Waals surface area contributed by atoms with Gasteiger partial charge in [0.2, 0.25) is 0 Å². The van der Waals surface area contributed by atoms with Crippen LogP contribution in [0.5, 0.6) is 11.5 Å². The smallest absolute Gasteiger partial charge is 0.162 e. The molecule has 2 rings (SSSR count). The monoisotopic (exact) mass is 247 g/mol. The van der Waals surface area contributed by atoms with Gasteiger partial charge in [0.05, 0.1) is 19.4 Å². The SMILES string of the molecule is COc1cccc(CN[C@@H](C)c2ccco2)c1O. The van der Waals surface area contributed by atoms with E-state index in [1.165, 1.54) is 7.11 Å². The average Bonchev–Trinajstić information content (AvgIpc) is 2.91. The molecule has 0 fully saturated rings. The number of nitrogens with one attached hydrogen (secondary N) is 1. The minimum atomic E-state index is 0.0885. The molecule has 1 heterocycles. The van der Waals surface area contributed by atoms with Crippen molar-refractivity contribution in [2.45, 2.75) is 19.5 Å². The third-order valence-electron chi connectivity index (χ3n) is 2.87. The molecule has 1 aromatic heterocycles. The van der Waals surface area contributed by atoms with Crippen LogP contribution in [-0.4, -0.2) is 12.2 Å². The Bertz CT molecular complexity index is 494. The van der Waals surface area contributed by atoms with Crippen LogP contribution in [0.3, 0.4) is 0 Å². The van der Waals surface area contributed by atoms with Gasteiger partial charge < -0.3 is 19.6 Å². The highest BCUT2D eigenvalue weighted by Gasteiger charge is 2.10.